The quantitative estimate of drug-likeness (QED) is 0.331. The largest absolute Gasteiger partial charge is 0 e. The topological polar surface area (TPSA) is 79.9 Å². The van der Waals surface area contributed by atoms with Crippen LogP contribution < -0.4 is 0 Å². The van der Waals surface area contributed by atoms with Gasteiger partial charge in [0.25, 0.3) is 0 Å². The fourth-order valence-corrected chi connectivity index (χ4v) is 0.171. The molecule has 0 aromatic carbocycles. The minimum atomic E-state index is -0.447. The average Bonchev–Trinajstić information content (AvgIpc) is 2.25. The van der Waals surface area contributed by atoms with Crippen LogP contribution in [0.25, 0.3) is 0 Å². The van der Waals surface area contributed by atoms with Crippen molar-refractivity contribution in [2.45, 2.75) is 13.0 Å². The van der Waals surface area contributed by atoms with Crippen LogP contribution in [0.3, 0.4) is 0 Å². The van der Waals surface area contributed by atoms with Crippen LogP contribution in [0.2, 0.25) is 0 Å². The molecule has 0 amide bonds. The molecule has 4 nitrogen and oxygen atoms in total. The zero-order valence-corrected chi connectivity index (χ0v) is 8.70. The van der Waals surface area contributed by atoms with Gasteiger partial charge in [-0.15, -0.1) is 0 Å². The van der Waals surface area contributed by atoms with Crippen LogP contribution >= 0.6 is 0 Å². The first kappa shape index (κ1) is 29.2. The van der Waals surface area contributed by atoms with E-state index in [-0.39, 0.29) is 17.1 Å². The summed E-state index contributed by atoms with van der Waals surface area (Å²) in [6, 6.07) is 0. The Bertz CT molecular complexity index is 165. The molecule has 0 spiro atoms. The first-order valence-corrected chi connectivity index (χ1v) is 2.79. The summed E-state index contributed by atoms with van der Waals surface area (Å²) in [5.74, 6) is 0. The number of hydrogen-bond acceptors (Lipinski definition) is 1. The molecule has 0 fully saturated rings. The summed E-state index contributed by atoms with van der Waals surface area (Å²) in [7, 11) is 0. The fourth-order valence-electron chi connectivity index (χ4n) is 0.171. The first-order chi connectivity index (χ1) is 6.18. The van der Waals surface area contributed by atoms with Crippen LogP contribution in [-0.2, 0) is 31.0 Å². The van der Waals surface area contributed by atoms with Gasteiger partial charge in [-0.3, -0.25) is 0 Å². The second kappa shape index (κ2) is 39.9. The molecule has 78 valence electrons. The smallest absolute Gasteiger partial charge is 0 e. The van der Waals surface area contributed by atoms with E-state index in [1.54, 1.807) is 13.0 Å². The van der Waals surface area contributed by atoms with E-state index in [0.29, 0.717) is 5.57 Å². The Morgan fingerprint density at radius 3 is 1.43 bits per heavy atom. The molecular formula is C9H10FeO4. The van der Waals surface area contributed by atoms with Crippen LogP contribution in [0.5, 0.6) is 0 Å². The molecule has 0 aliphatic rings. The molecule has 1 N–H and O–H groups in total. The van der Waals surface area contributed by atoms with Crippen molar-refractivity contribution < 1.29 is 36.1 Å². The van der Waals surface area contributed by atoms with Crippen LogP contribution in [0, 0.1) is 20.0 Å². The maximum Gasteiger partial charge on any atom is 0 e. The SMILES string of the molecule is C=CC(=C)[C@@H](C)O.[C-]#[O+].[C-]#[O+].[C-]#[O+].[Fe]. The predicted molar refractivity (Wildman–Crippen MR) is 42.8 cm³/mol. The van der Waals surface area contributed by atoms with Gasteiger partial charge in [0.1, 0.15) is 0 Å². The summed E-state index contributed by atoms with van der Waals surface area (Å²) in [5.41, 5.74) is 0.667. The summed E-state index contributed by atoms with van der Waals surface area (Å²) >= 11 is 0. The Kier molecular flexibility index (Phi) is 83.2. The van der Waals surface area contributed by atoms with Crippen molar-refractivity contribution in [2.75, 3.05) is 0 Å². The molecule has 0 saturated carbocycles. The van der Waals surface area contributed by atoms with E-state index in [9.17, 15) is 0 Å². The Labute approximate surface area is 94.3 Å². The van der Waals surface area contributed by atoms with Gasteiger partial charge in [0, 0.05) is 17.1 Å². The third-order valence-corrected chi connectivity index (χ3v) is 0.799. The summed E-state index contributed by atoms with van der Waals surface area (Å²) in [6.45, 7) is 22.1. The molecule has 0 unspecified atom stereocenters. The summed E-state index contributed by atoms with van der Waals surface area (Å²) < 4.78 is 22.5. The van der Waals surface area contributed by atoms with Crippen LogP contribution in [-0.4, -0.2) is 11.2 Å². The number of aliphatic hydroxyl groups is 1. The van der Waals surface area contributed by atoms with Crippen LogP contribution in [0.4, 0.5) is 0 Å². The van der Waals surface area contributed by atoms with Gasteiger partial charge < -0.3 is 5.11 Å². The third-order valence-electron chi connectivity index (χ3n) is 0.799. The van der Waals surface area contributed by atoms with Crippen molar-refractivity contribution in [3.05, 3.63) is 44.8 Å². The van der Waals surface area contributed by atoms with Gasteiger partial charge in [-0.25, -0.2) is 0 Å². The third kappa shape index (κ3) is 43.2. The standard InChI is InChI=1S/C6H10O.3CO.Fe/c1-4-5(2)6(3)7;3*1-2;/h4,6-7H,1-2H2,3H3;;;;/t6-;;;;/m1..../s1. The van der Waals surface area contributed by atoms with Gasteiger partial charge >= 0.3 is 33.9 Å². The van der Waals surface area contributed by atoms with Crippen molar-refractivity contribution in [3.8, 4) is 0 Å². The second-order valence-corrected chi connectivity index (χ2v) is 1.46. The Morgan fingerprint density at radius 2 is 1.43 bits per heavy atom. The second-order valence-electron chi connectivity index (χ2n) is 1.46. The van der Waals surface area contributed by atoms with Crippen molar-refractivity contribution >= 4 is 0 Å². The van der Waals surface area contributed by atoms with Crippen molar-refractivity contribution in [3.63, 3.8) is 0 Å². The average molecular weight is 238 g/mol. The molecule has 0 aromatic rings. The fraction of sp³-hybridized carbons (Fsp3) is 0.222. The van der Waals surface area contributed by atoms with E-state index in [2.05, 4.69) is 33.1 Å². The minimum absolute atomic E-state index is 0. The van der Waals surface area contributed by atoms with Gasteiger partial charge in [0.05, 0.1) is 6.10 Å². The number of hydrogen-bond donors (Lipinski definition) is 1. The van der Waals surface area contributed by atoms with Gasteiger partial charge in [-0.05, 0) is 12.5 Å². The number of rotatable bonds is 2. The molecule has 1 atom stereocenters. The molecule has 0 bridgehead atoms. The maximum absolute atomic E-state index is 8.65. The monoisotopic (exact) mass is 238 g/mol. The predicted octanol–water partition coefficient (Wildman–Crippen LogP) is 0.994. The van der Waals surface area contributed by atoms with E-state index < -0.39 is 6.10 Å². The molecule has 14 heavy (non-hydrogen) atoms. The van der Waals surface area contributed by atoms with Crippen molar-refractivity contribution in [2.24, 2.45) is 0 Å². The van der Waals surface area contributed by atoms with Crippen LogP contribution in [0.15, 0.2) is 24.8 Å². The molecule has 0 heterocycles. The van der Waals surface area contributed by atoms with E-state index >= 15 is 0 Å². The summed E-state index contributed by atoms with van der Waals surface area (Å²) in [4.78, 5) is 0. The molecule has 5 heteroatoms. The van der Waals surface area contributed by atoms with Crippen molar-refractivity contribution in [1.29, 1.82) is 0 Å². The number of aliphatic hydroxyl groups excluding tert-OH is 1. The first-order valence-electron chi connectivity index (χ1n) is 2.79. The van der Waals surface area contributed by atoms with E-state index in [1.165, 1.54) is 0 Å². The Balaban J connectivity index is -0.0000000332. The molecule has 0 aromatic heterocycles. The van der Waals surface area contributed by atoms with Crippen molar-refractivity contribution in [1.82, 2.24) is 0 Å². The molecule has 0 aliphatic heterocycles. The molecule has 0 rings (SSSR count). The molecular weight excluding hydrogens is 228 g/mol. The van der Waals surface area contributed by atoms with Gasteiger partial charge in [-0.1, -0.05) is 19.2 Å². The minimum Gasteiger partial charge on any atom is 0 e. The Morgan fingerprint density at radius 1 is 1.21 bits per heavy atom. The zero-order valence-electron chi connectivity index (χ0n) is 7.59. The molecule has 0 radical (unpaired) electrons. The van der Waals surface area contributed by atoms with E-state index in [1.807, 2.05) is 0 Å². The Hall–Kier alpha value is -0.821. The summed E-state index contributed by atoms with van der Waals surface area (Å²) in [6.07, 6.45) is 1.10. The van der Waals surface area contributed by atoms with Gasteiger partial charge in [0.2, 0.25) is 0 Å². The molecule has 0 aliphatic carbocycles. The van der Waals surface area contributed by atoms with E-state index in [0.717, 1.165) is 0 Å². The zero-order chi connectivity index (χ0) is 11.9. The normalized spacial score (nSPS) is 6.86. The molecule has 0 saturated heterocycles. The van der Waals surface area contributed by atoms with E-state index in [4.69, 9.17) is 19.1 Å². The van der Waals surface area contributed by atoms with Crippen LogP contribution in [0.1, 0.15) is 6.92 Å². The summed E-state index contributed by atoms with van der Waals surface area (Å²) in [5, 5.41) is 8.65. The van der Waals surface area contributed by atoms with Gasteiger partial charge in [-0.2, -0.15) is 0 Å². The maximum atomic E-state index is 8.65. The van der Waals surface area contributed by atoms with Gasteiger partial charge in [0.15, 0.2) is 0 Å².